The lowest BCUT2D eigenvalue weighted by Crippen LogP contribution is -2.39. The van der Waals surface area contributed by atoms with Gasteiger partial charge in [0.15, 0.2) is 5.78 Å². The molecule has 2 aliphatic rings. The number of hydrogen-bond acceptors (Lipinski definition) is 4. The van der Waals surface area contributed by atoms with Crippen LogP contribution in [0.15, 0.2) is 11.8 Å². The number of carbonyl (C=O) groups is 3. The van der Waals surface area contributed by atoms with E-state index in [1.165, 1.54) is 57.4 Å². The first-order valence-corrected chi connectivity index (χ1v) is 10.3. The van der Waals surface area contributed by atoms with E-state index in [1.54, 1.807) is 0 Å². The summed E-state index contributed by atoms with van der Waals surface area (Å²) in [5.74, 6) is -1.95. The third kappa shape index (κ3) is 6.75. The van der Waals surface area contributed by atoms with Gasteiger partial charge in [0.25, 0.3) is 0 Å². The van der Waals surface area contributed by atoms with E-state index in [-0.39, 0.29) is 5.78 Å². The number of rotatable bonds is 0. The van der Waals surface area contributed by atoms with Gasteiger partial charge in [-0.2, -0.15) is 0 Å². The summed E-state index contributed by atoms with van der Waals surface area (Å²) in [6.07, 6.45) is 17.3. The van der Waals surface area contributed by atoms with Crippen LogP contribution in [0.1, 0.15) is 89.9 Å². The van der Waals surface area contributed by atoms with Gasteiger partial charge in [0.05, 0.1) is 11.6 Å². The Bertz CT molecular complexity index is 495. The minimum atomic E-state index is -0.748. The average Bonchev–Trinajstić information content (AvgIpc) is 2.60. The van der Waals surface area contributed by atoms with Gasteiger partial charge in [-0.05, 0) is 12.8 Å². The molecule has 1 heterocycles. The van der Waals surface area contributed by atoms with Gasteiger partial charge in [-0.1, -0.05) is 77.0 Å². The Morgan fingerprint density at radius 3 is 1.68 bits per heavy atom. The molecule has 2 rings (SSSR count). The lowest BCUT2D eigenvalue weighted by molar-refractivity contribution is -0.141. The second-order valence-corrected chi connectivity index (χ2v) is 7.51. The van der Waals surface area contributed by atoms with Gasteiger partial charge >= 0.3 is 0 Å². The SMILES string of the molecule is O=C1C=C2NCCCCCCCCCCCCCCCC(C1=O)C2=O. The van der Waals surface area contributed by atoms with Crippen LogP contribution in [-0.4, -0.2) is 23.9 Å². The van der Waals surface area contributed by atoms with Crippen molar-refractivity contribution in [1.29, 1.82) is 0 Å². The van der Waals surface area contributed by atoms with Crippen molar-refractivity contribution >= 4 is 17.3 Å². The molecule has 2 bridgehead atoms. The summed E-state index contributed by atoms with van der Waals surface area (Å²) < 4.78 is 0. The minimum absolute atomic E-state index is 0.178. The molecular formula is C21H33NO3. The number of fused-ring (bicyclic) bond motifs is 2. The number of hydrogen-bond donors (Lipinski definition) is 1. The summed E-state index contributed by atoms with van der Waals surface area (Å²) in [5, 5.41) is 3.10. The molecule has 1 aliphatic carbocycles. The first-order valence-electron chi connectivity index (χ1n) is 10.3. The van der Waals surface area contributed by atoms with Crippen molar-refractivity contribution < 1.29 is 14.4 Å². The molecule has 0 aromatic rings. The molecule has 0 aromatic heterocycles. The second kappa shape index (κ2) is 11.2. The van der Waals surface area contributed by atoms with Crippen molar-refractivity contribution in [3.05, 3.63) is 11.8 Å². The Morgan fingerprint density at radius 2 is 1.12 bits per heavy atom. The Balaban J connectivity index is 1.90. The summed E-state index contributed by atoms with van der Waals surface area (Å²) in [5.41, 5.74) is 0.354. The molecule has 25 heavy (non-hydrogen) atoms. The van der Waals surface area contributed by atoms with Crippen LogP contribution >= 0.6 is 0 Å². The molecule has 0 spiro atoms. The Hall–Kier alpha value is -1.45. The van der Waals surface area contributed by atoms with E-state index in [0.29, 0.717) is 18.7 Å². The van der Waals surface area contributed by atoms with Gasteiger partial charge in [-0.25, -0.2) is 0 Å². The molecule has 140 valence electrons. The monoisotopic (exact) mass is 347 g/mol. The lowest BCUT2D eigenvalue weighted by Gasteiger charge is -2.20. The number of ketones is 3. The van der Waals surface area contributed by atoms with Crippen LogP contribution in [0, 0.1) is 5.92 Å². The standard InChI is InChI=1S/C21H33NO3/c23-19-16-18-20(24)17(21(19)25)14-12-10-8-6-4-2-1-3-5-7-9-11-13-15-22-18/h16-17,22H,1-15H2. The Kier molecular flexibility index (Phi) is 8.92. The summed E-state index contributed by atoms with van der Waals surface area (Å²) >= 11 is 0. The zero-order valence-electron chi connectivity index (χ0n) is 15.5. The van der Waals surface area contributed by atoms with Crippen molar-refractivity contribution in [2.24, 2.45) is 5.92 Å². The van der Waals surface area contributed by atoms with E-state index in [4.69, 9.17) is 0 Å². The molecule has 4 heteroatoms. The largest absolute Gasteiger partial charge is 0.382 e. The Labute approximate surface area is 151 Å². The average molecular weight is 347 g/mol. The van der Waals surface area contributed by atoms with E-state index in [1.807, 2.05) is 0 Å². The maximum atomic E-state index is 12.5. The molecule has 1 atom stereocenters. The number of carbonyl (C=O) groups excluding carboxylic acids is 3. The summed E-state index contributed by atoms with van der Waals surface area (Å²) in [6.45, 7) is 0.700. The zero-order valence-corrected chi connectivity index (χ0v) is 15.5. The minimum Gasteiger partial charge on any atom is -0.382 e. The fraction of sp³-hybridized carbons (Fsp3) is 0.762. The van der Waals surface area contributed by atoms with E-state index in [9.17, 15) is 14.4 Å². The van der Waals surface area contributed by atoms with Crippen LogP contribution in [0.5, 0.6) is 0 Å². The molecule has 0 radical (unpaired) electrons. The van der Waals surface area contributed by atoms with Crippen LogP contribution in [0.25, 0.3) is 0 Å². The predicted octanol–water partition coefficient (Wildman–Crippen LogP) is 4.27. The van der Waals surface area contributed by atoms with E-state index < -0.39 is 17.5 Å². The van der Waals surface area contributed by atoms with Crippen LogP contribution in [0.4, 0.5) is 0 Å². The second-order valence-electron chi connectivity index (χ2n) is 7.51. The third-order valence-electron chi connectivity index (χ3n) is 5.40. The van der Waals surface area contributed by atoms with Gasteiger partial charge in [-0.15, -0.1) is 0 Å². The van der Waals surface area contributed by atoms with Crippen molar-refractivity contribution in [2.45, 2.75) is 89.9 Å². The first-order chi connectivity index (χ1) is 12.2. The van der Waals surface area contributed by atoms with Crippen LogP contribution in [0.2, 0.25) is 0 Å². The zero-order chi connectivity index (χ0) is 17.9. The Morgan fingerprint density at radius 1 is 0.640 bits per heavy atom. The first kappa shape index (κ1) is 19.9. The number of nitrogens with one attached hydrogen (secondary N) is 1. The van der Waals surface area contributed by atoms with Crippen molar-refractivity contribution in [3.63, 3.8) is 0 Å². The van der Waals surface area contributed by atoms with Gasteiger partial charge in [0.1, 0.15) is 0 Å². The van der Waals surface area contributed by atoms with E-state index in [2.05, 4.69) is 5.32 Å². The predicted molar refractivity (Wildman–Crippen MR) is 99.2 cm³/mol. The molecule has 0 saturated carbocycles. The topological polar surface area (TPSA) is 63.2 Å². The summed E-state index contributed by atoms with van der Waals surface area (Å²) in [7, 11) is 0. The van der Waals surface area contributed by atoms with Crippen LogP contribution in [-0.2, 0) is 14.4 Å². The van der Waals surface area contributed by atoms with E-state index >= 15 is 0 Å². The van der Waals surface area contributed by atoms with Crippen LogP contribution < -0.4 is 5.32 Å². The maximum absolute atomic E-state index is 12.5. The maximum Gasteiger partial charge on any atom is 0.224 e. The van der Waals surface area contributed by atoms with Gasteiger partial charge in [-0.3, -0.25) is 14.4 Å². The fourth-order valence-electron chi connectivity index (χ4n) is 3.79. The quantitative estimate of drug-likeness (QED) is 0.525. The lowest BCUT2D eigenvalue weighted by atomic mass is 9.84. The number of allylic oxidation sites excluding steroid dienone is 2. The molecule has 4 nitrogen and oxygen atoms in total. The highest BCUT2D eigenvalue weighted by Gasteiger charge is 2.36. The van der Waals surface area contributed by atoms with Crippen molar-refractivity contribution in [2.75, 3.05) is 6.54 Å². The molecule has 1 aliphatic heterocycles. The molecule has 0 amide bonds. The highest BCUT2D eigenvalue weighted by molar-refractivity contribution is 6.49. The van der Waals surface area contributed by atoms with Crippen LogP contribution in [0.3, 0.4) is 0 Å². The smallest absolute Gasteiger partial charge is 0.224 e. The molecule has 1 fully saturated rings. The van der Waals surface area contributed by atoms with Gasteiger partial charge < -0.3 is 5.32 Å². The van der Waals surface area contributed by atoms with Gasteiger partial charge in [0.2, 0.25) is 11.6 Å². The molecule has 1 unspecified atom stereocenters. The highest BCUT2D eigenvalue weighted by Crippen LogP contribution is 2.21. The van der Waals surface area contributed by atoms with Crippen molar-refractivity contribution in [3.8, 4) is 0 Å². The third-order valence-corrected chi connectivity index (χ3v) is 5.40. The molecule has 0 aromatic carbocycles. The summed E-state index contributed by atoms with van der Waals surface area (Å²) in [6, 6.07) is 0. The number of Topliss-reactive ketones (excluding diaryl/α,β-unsaturated/α-hetero) is 2. The van der Waals surface area contributed by atoms with Crippen molar-refractivity contribution in [1.82, 2.24) is 5.32 Å². The molecular weight excluding hydrogens is 314 g/mol. The highest BCUT2D eigenvalue weighted by atomic mass is 16.2. The normalized spacial score (nSPS) is 26.0. The fourth-order valence-corrected chi connectivity index (χ4v) is 3.79. The molecule has 1 saturated heterocycles. The molecule has 1 N–H and O–H groups in total. The van der Waals surface area contributed by atoms with E-state index in [0.717, 1.165) is 32.1 Å². The summed E-state index contributed by atoms with van der Waals surface area (Å²) in [4.78, 5) is 36.5. The van der Waals surface area contributed by atoms with Gasteiger partial charge in [0, 0.05) is 12.6 Å².